The zero-order valence-corrected chi connectivity index (χ0v) is 20.5. The fourth-order valence-corrected chi connectivity index (χ4v) is 4.91. The quantitative estimate of drug-likeness (QED) is 0.514. The van der Waals surface area contributed by atoms with Gasteiger partial charge in [0.15, 0.2) is 0 Å². The number of hydrogen-bond donors (Lipinski definition) is 3. The molecule has 2 unspecified atom stereocenters. The molecule has 0 radical (unpaired) electrons. The normalized spacial score (nSPS) is 25.1. The number of nitrogens with one attached hydrogen (secondary N) is 3. The summed E-state index contributed by atoms with van der Waals surface area (Å²) in [7, 11) is 2.15. The van der Waals surface area contributed by atoms with Crippen molar-refractivity contribution in [1.82, 2.24) is 25.4 Å². The van der Waals surface area contributed by atoms with E-state index in [1.165, 1.54) is 0 Å². The Morgan fingerprint density at radius 2 is 2.09 bits per heavy atom. The van der Waals surface area contributed by atoms with Gasteiger partial charge in [-0.2, -0.15) is 0 Å². The summed E-state index contributed by atoms with van der Waals surface area (Å²) in [5.41, 5.74) is 3.29. The molecule has 1 saturated heterocycles. The number of likely N-dealkylation sites (N-methyl/N-ethyl adjacent to an activating group) is 1. The molecule has 0 spiro atoms. The number of allylic oxidation sites excluding steroid dienone is 1. The Balaban J connectivity index is 1.38. The third-order valence-corrected chi connectivity index (χ3v) is 6.90. The number of aromatic nitrogens is 1. The van der Waals surface area contributed by atoms with Crippen molar-refractivity contribution in [2.24, 2.45) is 0 Å². The van der Waals surface area contributed by atoms with Crippen LogP contribution in [0.5, 0.6) is 0 Å². The van der Waals surface area contributed by atoms with Crippen molar-refractivity contribution in [3.63, 3.8) is 0 Å². The number of carbonyl (C=O) groups excluding carboxylic acids is 2. The Morgan fingerprint density at radius 3 is 2.84 bits per heavy atom. The Hall–Kier alpha value is -2.23. The topological polar surface area (TPSA) is 89.6 Å². The first kappa shape index (κ1) is 22.9. The molecule has 3 N–H and O–H groups in total. The minimum atomic E-state index is -0.439. The van der Waals surface area contributed by atoms with E-state index in [4.69, 9.17) is 0 Å². The fourth-order valence-electron chi connectivity index (χ4n) is 4.56. The highest BCUT2D eigenvalue weighted by molar-refractivity contribution is 9.10. The number of carbonyl (C=O) groups is 2. The Bertz CT molecular complexity index is 967. The summed E-state index contributed by atoms with van der Waals surface area (Å²) >= 11 is 3.43. The second kappa shape index (κ2) is 9.72. The van der Waals surface area contributed by atoms with Crippen LogP contribution in [0.4, 0.5) is 5.82 Å². The van der Waals surface area contributed by atoms with Crippen LogP contribution >= 0.6 is 15.9 Å². The molecule has 0 aliphatic carbocycles. The van der Waals surface area contributed by atoms with Gasteiger partial charge in [-0.1, -0.05) is 0 Å². The van der Waals surface area contributed by atoms with E-state index in [0.717, 1.165) is 66.0 Å². The largest absolute Gasteiger partial charge is 0.378 e. The number of fused-ring (bicyclic) bond motifs is 1. The van der Waals surface area contributed by atoms with Gasteiger partial charge in [0, 0.05) is 60.2 Å². The van der Waals surface area contributed by atoms with E-state index < -0.39 is 5.92 Å². The van der Waals surface area contributed by atoms with E-state index >= 15 is 0 Å². The van der Waals surface area contributed by atoms with E-state index in [9.17, 15) is 9.59 Å². The number of anilines is 1. The van der Waals surface area contributed by atoms with Crippen LogP contribution in [0.2, 0.25) is 0 Å². The summed E-state index contributed by atoms with van der Waals surface area (Å²) in [5, 5.41) is 9.29. The van der Waals surface area contributed by atoms with Crippen molar-refractivity contribution >= 4 is 33.6 Å². The van der Waals surface area contributed by atoms with Crippen LogP contribution in [0, 0.1) is 0 Å². The number of halogens is 1. The Kier molecular flexibility index (Phi) is 6.97. The number of nitrogens with zero attached hydrogens (tertiary/aromatic N) is 3. The molecule has 1 fully saturated rings. The van der Waals surface area contributed by atoms with Crippen LogP contribution in [0.15, 0.2) is 39.7 Å². The van der Waals surface area contributed by atoms with Crippen LogP contribution in [0.3, 0.4) is 0 Å². The van der Waals surface area contributed by atoms with Gasteiger partial charge in [0.1, 0.15) is 5.82 Å². The van der Waals surface area contributed by atoms with Crippen LogP contribution in [-0.2, 0) is 9.59 Å². The number of piperazine rings is 1. The van der Waals surface area contributed by atoms with E-state index in [-0.39, 0.29) is 17.9 Å². The average Bonchev–Trinajstić information content (AvgIpc) is 3.21. The summed E-state index contributed by atoms with van der Waals surface area (Å²) in [6, 6.07) is 1.80. The zero-order valence-electron chi connectivity index (χ0n) is 18.9. The van der Waals surface area contributed by atoms with Gasteiger partial charge in [0.2, 0.25) is 11.8 Å². The summed E-state index contributed by atoms with van der Waals surface area (Å²) in [4.78, 5) is 34.5. The molecule has 1 aromatic heterocycles. The van der Waals surface area contributed by atoms with E-state index in [2.05, 4.69) is 53.7 Å². The highest BCUT2D eigenvalue weighted by atomic mass is 79.9. The van der Waals surface area contributed by atoms with E-state index in [1.807, 2.05) is 26.0 Å². The van der Waals surface area contributed by atoms with E-state index in [1.54, 1.807) is 6.20 Å². The molecule has 2 amide bonds. The molecule has 32 heavy (non-hydrogen) atoms. The minimum Gasteiger partial charge on any atom is -0.378 e. The highest BCUT2D eigenvalue weighted by Gasteiger charge is 2.34. The van der Waals surface area contributed by atoms with Crippen LogP contribution < -0.4 is 16.0 Å². The number of amides is 2. The van der Waals surface area contributed by atoms with Crippen molar-refractivity contribution in [2.45, 2.75) is 32.2 Å². The van der Waals surface area contributed by atoms with Crippen LogP contribution in [0.25, 0.3) is 0 Å². The standard InChI is InChI=1S/C23H31BrN6O2/c1-14-19(12-18-17-11-16(24)13-26-21(17)28-22(18)31)27-15(2)20(14)23(32)25-5-4-6-30-9-7-29(3)8-10-30/h11-13,15,18,27H,4-10H2,1-3H3,(H,25,32)(H,26,28,31)/b19-12-. The Morgan fingerprint density at radius 1 is 1.34 bits per heavy atom. The maximum Gasteiger partial charge on any atom is 0.249 e. The van der Waals surface area contributed by atoms with Gasteiger partial charge in [0.25, 0.3) is 0 Å². The second-order valence-electron chi connectivity index (χ2n) is 8.80. The number of pyridine rings is 1. The molecule has 0 bridgehead atoms. The maximum atomic E-state index is 12.9. The van der Waals surface area contributed by atoms with Crippen LogP contribution in [-0.4, -0.2) is 79.0 Å². The third kappa shape index (κ3) is 4.89. The van der Waals surface area contributed by atoms with Gasteiger partial charge >= 0.3 is 0 Å². The molecule has 0 aromatic carbocycles. The maximum absolute atomic E-state index is 12.9. The van der Waals surface area contributed by atoms with Gasteiger partial charge < -0.3 is 25.8 Å². The molecule has 3 aliphatic rings. The predicted octanol–water partition coefficient (Wildman–Crippen LogP) is 1.83. The smallest absolute Gasteiger partial charge is 0.249 e. The summed E-state index contributed by atoms with van der Waals surface area (Å²) in [6.07, 6.45) is 4.50. The first-order valence-corrected chi connectivity index (χ1v) is 12.0. The fraction of sp³-hybridized carbons (Fsp3) is 0.522. The summed E-state index contributed by atoms with van der Waals surface area (Å²) < 4.78 is 0.827. The minimum absolute atomic E-state index is 0.0371. The molecule has 9 heteroatoms. The molecule has 4 rings (SSSR count). The monoisotopic (exact) mass is 502 g/mol. The van der Waals surface area contributed by atoms with Crippen molar-refractivity contribution < 1.29 is 9.59 Å². The molecule has 4 heterocycles. The first-order valence-electron chi connectivity index (χ1n) is 11.2. The van der Waals surface area contributed by atoms with Crippen LogP contribution in [0.1, 0.15) is 31.7 Å². The molecule has 0 saturated carbocycles. The lowest BCUT2D eigenvalue weighted by molar-refractivity contribution is -0.118. The van der Waals surface area contributed by atoms with Gasteiger partial charge in [-0.05, 0) is 67.5 Å². The SMILES string of the molecule is CC1=C(C(=O)NCCCN2CCN(C)CC2)C(C)N/C1=C\C1C(=O)Nc2ncc(Br)cc21. The molecule has 172 valence electrons. The van der Waals surface area contributed by atoms with Gasteiger partial charge in [-0.15, -0.1) is 0 Å². The average molecular weight is 503 g/mol. The number of hydrogen-bond acceptors (Lipinski definition) is 6. The third-order valence-electron chi connectivity index (χ3n) is 6.47. The highest BCUT2D eigenvalue weighted by Crippen LogP contribution is 2.36. The lowest BCUT2D eigenvalue weighted by atomic mass is 9.99. The summed E-state index contributed by atoms with van der Waals surface area (Å²) in [6.45, 7) is 9.97. The van der Waals surface area contributed by atoms with E-state index in [0.29, 0.717) is 12.4 Å². The van der Waals surface area contributed by atoms with Gasteiger partial charge in [-0.3, -0.25) is 9.59 Å². The lowest BCUT2D eigenvalue weighted by Gasteiger charge is -2.32. The number of rotatable bonds is 6. The van der Waals surface area contributed by atoms with Crippen molar-refractivity contribution in [3.05, 3.63) is 45.2 Å². The molecule has 2 atom stereocenters. The lowest BCUT2D eigenvalue weighted by Crippen LogP contribution is -2.45. The molecule has 1 aromatic rings. The predicted molar refractivity (Wildman–Crippen MR) is 128 cm³/mol. The zero-order chi connectivity index (χ0) is 22.8. The molecular formula is C23H31BrN6O2. The summed E-state index contributed by atoms with van der Waals surface area (Å²) in [5.74, 6) is 0.00353. The molecule has 8 nitrogen and oxygen atoms in total. The molecular weight excluding hydrogens is 472 g/mol. The van der Waals surface area contributed by atoms with Crippen molar-refractivity contribution in [1.29, 1.82) is 0 Å². The molecule has 3 aliphatic heterocycles. The van der Waals surface area contributed by atoms with Crippen molar-refractivity contribution in [2.75, 3.05) is 51.6 Å². The first-order chi connectivity index (χ1) is 15.3. The van der Waals surface area contributed by atoms with Crippen molar-refractivity contribution in [3.8, 4) is 0 Å². The Labute approximate surface area is 197 Å². The second-order valence-corrected chi connectivity index (χ2v) is 9.71. The van der Waals surface area contributed by atoms with Gasteiger partial charge in [0.05, 0.1) is 12.0 Å². The van der Waals surface area contributed by atoms with Gasteiger partial charge in [-0.25, -0.2) is 4.98 Å².